The van der Waals surface area contributed by atoms with Crippen LogP contribution in [0.2, 0.25) is 0 Å². The summed E-state index contributed by atoms with van der Waals surface area (Å²) in [6.07, 6.45) is 9.28. The van der Waals surface area contributed by atoms with Crippen molar-refractivity contribution in [1.29, 1.82) is 0 Å². The van der Waals surface area contributed by atoms with Gasteiger partial charge < -0.3 is 15.1 Å². The number of amides is 3. The highest BCUT2D eigenvalue weighted by atomic mass is 16.2. The summed E-state index contributed by atoms with van der Waals surface area (Å²) >= 11 is 0. The summed E-state index contributed by atoms with van der Waals surface area (Å²) in [5.74, 6) is 0.147. The summed E-state index contributed by atoms with van der Waals surface area (Å²) < 4.78 is 0. The van der Waals surface area contributed by atoms with Gasteiger partial charge in [0.1, 0.15) is 5.54 Å². The largest absolute Gasteiger partial charge is 0.336 e. The van der Waals surface area contributed by atoms with Crippen LogP contribution < -0.4 is 5.32 Å². The lowest BCUT2D eigenvalue weighted by Crippen LogP contribution is -2.63. The molecule has 1 aromatic carbocycles. The molecule has 0 bridgehead atoms. The Morgan fingerprint density at radius 2 is 1.70 bits per heavy atom. The molecule has 3 aliphatic rings. The number of carbonyl (C=O) groups excluding carboxylic acids is 2. The number of hydrogen-bond donors (Lipinski definition) is 1. The van der Waals surface area contributed by atoms with Crippen LogP contribution in [0.5, 0.6) is 0 Å². The Kier molecular flexibility index (Phi) is 5.37. The first kappa shape index (κ1) is 18.3. The second-order valence-corrected chi connectivity index (χ2v) is 8.39. The van der Waals surface area contributed by atoms with E-state index in [2.05, 4.69) is 17.4 Å². The van der Waals surface area contributed by atoms with Gasteiger partial charge >= 0.3 is 6.03 Å². The molecule has 0 aromatic heterocycles. The molecule has 2 aliphatic heterocycles. The van der Waals surface area contributed by atoms with E-state index in [0.29, 0.717) is 13.1 Å². The fraction of sp³-hybridized carbons (Fsp3) is 0.636. The minimum absolute atomic E-state index is 0.0192. The highest BCUT2D eigenvalue weighted by Gasteiger charge is 2.52. The van der Waals surface area contributed by atoms with Crippen molar-refractivity contribution in [2.24, 2.45) is 0 Å². The van der Waals surface area contributed by atoms with Crippen LogP contribution in [-0.4, -0.2) is 46.4 Å². The summed E-state index contributed by atoms with van der Waals surface area (Å²) in [7, 11) is 0. The molecule has 1 aromatic rings. The van der Waals surface area contributed by atoms with Crippen molar-refractivity contribution in [3.8, 4) is 0 Å². The molecule has 2 heterocycles. The summed E-state index contributed by atoms with van der Waals surface area (Å²) in [4.78, 5) is 30.3. The summed E-state index contributed by atoms with van der Waals surface area (Å²) in [5.41, 5.74) is 0.533. The SMILES string of the molecule is O=C(NC1CCCCC1)N1CCCC12CCCN(Cc1ccccc1)C2=O. The van der Waals surface area contributed by atoms with Gasteiger partial charge in [-0.25, -0.2) is 4.79 Å². The van der Waals surface area contributed by atoms with E-state index in [1.807, 2.05) is 28.0 Å². The third-order valence-corrected chi connectivity index (χ3v) is 6.59. The molecule has 3 fully saturated rings. The van der Waals surface area contributed by atoms with Gasteiger partial charge in [0, 0.05) is 25.7 Å². The van der Waals surface area contributed by atoms with Crippen LogP contribution in [0.15, 0.2) is 30.3 Å². The van der Waals surface area contributed by atoms with E-state index in [4.69, 9.17) is 0 Å². The molecule has 2 saturated heterocycles. The number of likely N-dealkylation sites (tertiary alicyclic amines) is 2. The number of rotatable bonds is 3. The van der Waals surface area contributed by atoms with Gasteiger partial charge in [-0.2, -0.15) is 0 Å². The van der Waals surface area contributed by atoms with Crippen molar-refractivity contribution in [2.75, 3.05) is 13.1 Å². The number of hydrogen-bond acceptors (Lipinski definition) is 2. The minimum atomic E-state index is -0.619. The quantitative estimate of drug-likeness (QED) is 0.883. The lowest BCUT2D eigenvalue weighted by molar-refractivity contribution is -0.146. The van der Waals surface area contributed by atoms with Crippen LogP contribution in [-0.2, 0) is 11.3 Å². The predicted molar refractivity (Wildman–Crippen MR) is 105 cm³/mol. The molecule has 1 saturated carbocycles. The maximum absolute atomic E-state index is 13.5. The van der Waals surface area contributed by atoms with Gasteiger partial charge in [-0.15, -0.1) is 0 Å². The Morgan fingerprint density at radius 3 is 2.44 bits per heavy atom. The average Bonchev–Trinajstić information content (AvgIpc) is 3.12. The zero-order valence-corrected chi connectivity index (χ0v) is 16.2. The van der Waals surface area contributed by atoms with Crippen molar-refractivity contribution >= 4 is 11.9 Å². The first-order valence-corrected chi connectivity index (χ1v) is 10.6. The zero-order valence-electron chi connectivity index (χ0n) is 16.2. The van der Waals surface area contributed by atoms with Gasteiger partial charge in [-0.05, 0) is 44.1 Å². The molecule has 1 aliphatic carbocycles. The van der Waals surface area contributed by atoms with Gasteiger partial charge in [0.2, 0.25) is 5.91 Å². The molecule has 146 valence electrons. The number of piperidine rings is 1. The third-order valence-electron chi connectivity index (χ3n) is 6.59. The molecule has 3 amide bonds. The van der Waals surface area contributed by atoms with Crippen LogP contribution in [0.25, 0.3) is 0 Å². The minimum Gasteiger partial charge on any atom is -0.336 e. The maximum atomic E-state index is 13.5. The second-order valence-electron chi connectivity index (χ2n) is 8.39. The van der Waals surface area contributed by atoms with Crippen LogP contribution in [0, 0.1) is 0 Å². The smallest absolute Gasteiger partial charge is 0.318 e. The van der Waals surface area contributed by atoms with Gasteiger partial charge in [0.25, 0.3) is 0 Å². The third kappa shape index (κ3) is 3.69. The summed E-state index contributed by atoms with van der Waals surface area (Å²) in [6, 6.07) is 10.4. The first-order valence-electron chi connectivity index (χ1n) is 10.6. The summed E-state index contributed by atoms with van der Waals surface area (Å²) in [6.45, 7) is 2.12. The maximum Gasteiger partial charge on any atom is 0.318 e. The molecule has 4 rings (SSSR count). The molecule has 1 atom stereocenters. The van der Waals surface area contributed by atoms with E-state index in [1.54, 1.807) is 0 Å². The Bertz CT molecular complexity index is 671. The first-order chi connectivity index (χ1) is 13.2. The van der Waals surface area contributed by atoms with Gasteiger partial charge in [0.05, 0.1) is 0 Å². The van der Waals surface area contributed by atoms with Crippen LogP contribution >= 0.6 is 0 Å². The van der Waals surface area contributed by atoms with E-state index >= 15 is 0 Å². The normalized spacial score (nSPS) is 26.6. The van der Waals surface area contributed by atoms with Crippen molar-refractivity contribution in [2.45, 2.75) is 75.9 Å². The van der Waals surface area contributed by atoms with E-state index in [0.717, 1.165) is 50.6 Å². The Labute approximate surface area is 162 Å². The van der Waals surface area contributed by atoms with E-state index < -0.39 is 5.54 Å². The van der Waals surface area contributed by atoms with Crippen molar-refractivity contribution < 1.29 is 9.59 Å². The molecular weight excluding hydrogens is 338 g/mol. The van der Waals surface area contributed by atoms with Gasteiger partial charge in [-0.3, -0.25) is 4.79 Å². The van der Waals surface area contributed by atoms with E-state index in [1.165, 1.54) is 19.3 Å². The monoisotopic (exact) mass is 369 g/mol. The number of nitrogens with one attached hydrogen (secondary N) is 1. The number of benzene rings is 1. The number of urea groups is 1. The van der Waals surface area contributed by atoms with Crippen molar-refractivity contribution in [3.63, 3.8) is 0 Å². The fourth-order valence-corrected chi connectivity index (χ4v) is 5.18. The van der Waals surface area contributed by atoms with Crippen LogP contribution in [0.3, 0.4) is 0 Å². The molecule has 1 spiro atoms. The highest BCUT2D eigenvalue weighted by molar-refractivity contribution is 5.92. The lowest BCUT2D eigenvalue weighted by atomic mass is 9.85. The van der Waals surface area contributed by atoms with E-state index in [9.17, 15) is 9.59 Å². The Hall–Kier alpha value is -2.04. The van der Waals surface area contributed by atoms with Crippen LogP contribution in [0.1, 0.15) is 63.4 Å². The second kappa shape index (κ2) is 7.91. The number of carbonyl (C=O) groups is 2. The Morgan fingerprint density at radius 1 is 1.00 bits per heavy atom. The van der Waals surface area contributed by atoms with Crippen molar-refractivity contribution in [3.05, 3.63) is 35.9 Å². The number of nitrogens with zero attached hydrogens (tertiary/aromatic N) is 2. The fourth-order valence-electron chi connectivity index (χ4n) is 5.18. The molecule has 1 N–H and O–H groups in total. The molecule has 1 unspecified atom stereocenters. The van der Waals surface area contributed by atoms with Gasteiger partial charge in [0.15, 0.2) is 0 Å². The average molecular weight is 370 g/mol. The lowest BCUT2D eigenvalue weighted by Gasteiger charge is -2.45. The highest BCUT2D eigenvalue weighted by Crippen LogP contribution is 2.39. The standard InChI is InChI=1S/C22H31N3O2/c26-20-22(13-7-15-24(20)17-18-9-3-1-4-10-18)14-8-16-25(22)21(27)23-19-11-5-2-6-12-19/h1,3-4,9-10,19H,2,5-8,11-17H2,(H,23,27). The van der Waals surface area contributed by atoms with Crippen LogP contribution in [0.4, 0.5) is 4.79 Å². The molecule has 5 heteroatoms. The topological polar surface area (TPSA) is 52.7 Å². The predicted octanol–water partition coefficient (Wildman–Crippen LogP) is 3.69. The molecular formula is C22H31N3O2. The zero-order chi connectivity index (χ0) is 18.7. The molecule has 5 nitrogen and oxygen atoms in total. The van der Waals surface area contributed by atoms with Gasteiger partial charge in [-0.1, -0.05) is 49.6 Å². The van der Waals surface area contributed by atoms with E-state index in [-0.39, 0.29) is 18.0 Å². The molecule has 0 radical (unpaired) electrons. The van der Waals surface area contributed by atoms with Crippen molar-refractivity contribution in [1.82, 2.24) is 15.1 Å². The molecule has 27 heavy (non-hydrogen) atoms. The Balaban J connectivity index is 1.47. The summed E-state index contributed by atoms with van der Waals surface area (Å²) in [5, 5.41) is 3.23.